The summed E-state index contributed by atoms with van der Waals surface area (Å²) >= 11 is 5.95. The summed E-state index contributed by atoms with van der Waals surface area (Å²) in [6, 6.07) is 13.1. The van der Waals surface area contributed by atoms with Gasteiger partial charge in [0.25, 0.3) is 0 Å². The Morgan fingerprint density at radius 2 is 2.13 bits per heavy atom. The lowest BCUT2D eigenvalue weighted by atomic mass is 9.82. The van der Waals surface area contributed by atoms with Crippen LogP contribution in [0.5, 0.6) is 0 Å². The Kier molecular flexibility index (Phi) is 4.77. The van der Waals surface area contributed by atoms with Crippen molar-refractivity contribution in [3.63, 3.8) is 0 Å². The Morgan fingerprint density at radius 3 is 2.91 bits per heavy atom. The first-order valence-electron chi connectivity index (χ1n) is 7.56. The molecule has 0 bridgehead atoms. The fraction of sp³-hybridized carbons (Fsp3) is 0.211. The van der Waals surface area contributed by atoms with E-state index in [0.717, 1.165) is 17.7 Å². The van der Waals surface area contributed by atoms with Crippen molar-refractivity contribution in [2.24, 2.45) is 4.99 Å². The van der Waals surface area contributed by atoms with E-state index in [1.165, 1.54) is 23.6 Å². The molecule has 2 nitrogen and oxygen atoms in total. The maximum atomic E-state index is 13.5. The molecule has 0 saturated heterocycles. The lowest BCUT2D eigenvalue weighted by molar-refractivity contribution is 0.343. The third kappa shape index (κ3) is 3.45. The maximum Gasteiger partial charge on any atom is 0.174 e. The molecule has 2 aromatic rings. The van der Waals surface area contributed by atoms with Crippen molar-refractivity contribution in [1.82, 2.24) is 0 Å². The van der Waals surface area contributed by atoms with Crippen LogP contribution in [0, 0.1) is 5.82 Å². The van der Waals surface area contributed by atoms with Gasteiger partial charge >= 0.3 is 0 Å². The standard InChI is InChI=1S/C19H17ClFNO/c1-2-23-12-22-15-9-13-5-3-4-6-16(13)17(11-15)14-7-8-19(21)18(20)10-14/h3-8,10-12,17H,2,9H2,1H3. The van der Waals surface area contributed by atoms with Crippen LogP contribution in [0.4, 0.5) is 4.39 Å². The molecular formula is C19H17ClFNO. The molecule has 0 saturated carbocycles. The van der Waals surface area contributed by atoms with Gasteiger partial charge < -0.3 is 4.74 Å². The molecule has 1 aliphatic carbocycles. The van der Waals surface area contributed by atoms with Crippen molar-refractivity contribution in [2.75, 3.05) is 6.61 Å². The summed E-state index contributed by atoms with van der Waals surface area (Å²) in [6.07, 6.45) is 4.32. The van der Waals surface area contributed by atoms with E-state index in [2.05, 4.69) is 23.2 Å². The van der Waals surface area contributed by atoms with Crippen LogP contribution in [0.1, 0.15) is 29.5 Å². The van der Waals surface area contributed by atoms with Gasteiger partial charge in [0.1, 0.15) is 5.82 Å². The molecule has 1 aliphatic rings. The summed E-state index contributed by atoms with van der Waals surface area (Å²) in [5, 5.41) is 0.137. The van der Waals surface area contributed by atoms with E-state index in [-0.39, 0.29) is 10.9 Å². The fourth-order valence-corrected chi connectivity index (χ4v) is 2.97. The van der Waals surface area contributed by atoms with Crippen molar-refractivity contribution in [2.45, 2.75) is 19.3 Å². The first-order valence-corrected chi connectivity index (χ1v) is 7.94. The van der Waals surface area contributed by atoms with Crippen LogP contribution in [-0.2, 0) is 11.2 Å². The van der Waals surface area contributed by atoms with Crippen LogP contribution in [0.2, 0.25) is 5.02 Å². The molecule has 3 rings (SSSR count). The molecule has 0 heterocycles. The lowest BCUT2D eigenvalue weighted by Gasteiger charge is -2.23. The molecule has 23 heavy (non-hydrogen) atoms. The van der Waals surface area contributed by atoms with E-state index in [4.69, 9.17) is 16.3 Å². The summed E-state index contributed by atoms with van der Waals surface area (Å²) in [5.74, 6) is -0.398. The van der Waals surface area contributed by atoms with Gasteiger partial charge in [-0.15, -0.1) is 0 Å². The zero-order valence-corrected chi connectivity index (χ0v) is 13.6. The monoisotopic (exact) mass is 329 g/mol. The minimum Gasteiger partial charge on any atom is -0.483 e. The number of allylic oxidation sites excluding steroid dienone is 2. The molecule has 0 aliphatic heterocycles. The van der Waals surface area contributed by atoms with E-state index in [9.17, 15) is 4.39 Å². The zero-order chi connectivity index (χ0) is 16.2. The second-order valence-corrected chi connectivity index (χ2v) is 5.78. The van der Waals surface area contributed by atoms with Gasteiger partial charge in [-0.3, -0.25) is 0 Å². The molecule has 1 atom stereocenters. The summed E-state index contributed by atoms with van der Waals surface area (Å²) < 4.78 is 18.7. The van der Waals surface area contributed by atoms with Crippen LogP contribution in [0.3, 0.4) is 0 Å². The number of nitrogens with zero attached hydrogens (tertiary/aromatic N) is 1. The van der Waals surface area contributed by atoms with Gasteiger partial charge in [-0.25, -0.2) is 9.38 Å². The third-order valence-corrected chi connectivity index (χ3v) is 4.17. The number of halogens is 2. The van der Waals surface area contributed by atoms with Crippen LogP contribution >= 0.6 is 11.6 Å². The SMILES string of the molecule is CCOC=NC1=CC(c2ccc(F)c(Cl)c2)c2ccccc2C1. The van der Waals surface area contributed by atoms with Crippen LogP contribution in [0.25, 0.3) is 0 Å². The van der Waals surface area contributed by atoms with Gasteiger partial charge in [-0.05, 0) is 35.7 Å². The molecule has 4 heteroatoms. The zero-order valence-electron chi connectivity index (χ0n) is 12.8. The molecule has 0 radical (unpaired) electrons. The molecule has 2 aromatic carbocycles. The molecule has 0 N–H and O–H groups in total. The van der Waals surface area contributed by atoms with E-state index in [0.29, 0.717) is 6.61 Å². The summed E-state index contributed by atoms with van der Waals surface area (Å²) in [6.45, 7) is 2.50. The van der Waals surface area contributed by atoms with Crippen molar-refractivity contribution in [1.29, 1.82) is 0 Å². The van der Waals surface area contributed by atoms with E-state index >= 15 is 0 Å². The average molecular weight is 330 g/mol. The highest BCUT2D eigenvalue weighted by atomic mass is 35.5. The number of hydrogen-bond acceptors (Lipinski definition) is 2. The van der Waals surface area contributed by atoms with Gasteiger partial charge in [-0.2, -0.15) is 0 Å². The van der Waals surface area contributed by atoms with E-state index < -0.39 is 5.82 Å². The largest absolute Gasteiger partial charge is 0.483 e. The van der Waals surface area contributed by atoms with Gasteiger partial charge in [-0.1, -0.05) is 48.0 Å². The normalized spacial score (nSPS) is 17.0. The van der Waals surface area contributed by atoms with Gasteiger partial charge in [0.05, 0.1) is 11.6 Å². The van der Waals surface area contributed by atoms with Gasteiger partial charge in [0.15, 0.2) is 6.40 Å². The highest BCUT2D eigenvalue weighted by Gasteiger charge is 2.22. The predicted molar refractivity (Wildman–Crippen MR) is 91.6 cm³/mol. The smallest absolute Gasteiger partial charge is 0.174 e. The maximum absolute atomic E-state index is 13.5. The fourth-order valence-electron chi connectivity index (χ4n) is 2.78. The first-order chi connectivity index (χ1) is 11.2. The van der Waals surface area contributed by atoms with Crippen molar-refractivity contribution < 1.29 is 9.13 Å². The summed E-state index contributed by atoms with van der Waals surface area (Å²) in [4.78, 5) is 4.39. The van der Waals surface area contributed by atoms with Crippen LogP contribution in [-0.4, -0.2) is 13.0 Å². The Bertz CT molecular complexity index is 770. The number of aliphatic imine (C=N–C) groups is 1. The molecule has 0 aromatic heterocycles. The highest BCUT2D eigenvalue weighted by molar-refractivity contribution is 6.30. The molecule has 1 unspecified atom stereocenters. The first kappa shape index (κ1) is 15.8. The molecule has 0 fully saturated rings. The average Bonchev–Trinajstić information content (AvgIpc) is 2.57. The Morgan fingerprint density at radius 1 is 1.30 bits per heavy atom. The Labute approximate surface area is 140 Å². The minimum absolute atomic E-state index is 0.00632. The van der Waals surface area contributed by atoms with Crippen molar-refractivity contribution in [3.8, 4) is 0 Å². The number of hydrogen-bond donors (Lipinski definition) is 0. The minimum atomic E-state index is -0.405. The van der Waals surface area contributed by atoms with Gasteiger partial charge in [0, 0.05) is 18.0 Å². The molecule has 118 valence electrons. The van der Waals surface area contributed by atoms with E-state index in [1.54, 1.807) is 12.1 Å². The van der Waals surface area contributed by atoms with Crippen LogP contribution < -0.4 is 0 Å². The second kappa shape index (κ2) is 6.97. The molecule has 0 amide bonds. The number of ether oxygens (including phenoxy) is 1. The second-order valence-electron chi connectivity index (χ2n) is 5.37. The Hall–Kier alpha value is -2.13. The van der Waals surface area contributed by atoms with Crippen LogP contribution in [0.15, 0.2) is 59.2 Å². The third-order valence-electron chi connectivity index (χ3n) is 3.88. The molecular weight excluding hydrogens is 313 g/mol. The van der Waals surface area contributed by atoms with Gasteiger partial charge in [0.2, 0.25) is 0 Å². The highest BCUT2D eigenvalue weighted by Crippen LogP contribution is 2.36. The number of rotatable bonds is 4. The molecule has 0 spiro atoms. The topological polar surface area (TPSA) is 21.6 Å². The predicted octanol–water partition coefficient (Wildman–Crippen LogP) is 5.12. The summed E-state index contributed by atoms with van der Waals surface area (Å²) in [7, 11) is 0. The Balaban J connectivity index is 2.02. The summed E-state index contributed by atoms with van der Waals surface area (Å²) in [5.41, 5.74) is 4.30. The number of benzene rings is 2. The lowest BCUT2D eigenvalue weighted by Crippen LogP contribution is -2.10. The van der Waals surface area contributed by atoms with Crippen molar-refractivity contribution in [3.05, 3.63) is 81.8 Å². The number of fused-ring (bicyclic) bond motifs is 1. The quantitative estimate of drug-likeness (QED) is 0.564. The van der Waals surface area contributed by atoms with Crippen molar-refractivity contribution >= 4 is 18.0 Å². The van der Waals surface area contributed by atoms with E-state index in [1.807, 2.05) is 19.1 Å².